The third kappa shape index (κ3) is 2.58. The van der Waals surface area contributed by atoms with Gasteiger partial charge in [-0.05, 0) is 24.0 Å². The molecular formula is C17H17F9O. The van der Waals surface area contributed by atoms with Crippen molar-refractivity contribution in [1.29, 1.82) is 0 Å². The fraction of sp³-hybridized carbons (Fsp3) is 0.647. The lowest BCUT2D eigenvalue weighted by molar-refractivity contribution is -0.303. The van der Waals surface area contributed by atoms with Crippen LogP contribution in [-0.4, -0.2) is 34.5 Å². The van der Waals surface area contributed by atoms with Crippen molar-refractivity contribution in [2.75, 3.05) is 0 Å². The highest BCUT2D eigenvalue weighted by Gasteiger charge is 3.00. The first-order chi connectivity index (χ1) is 11.9. The second-order valence-electron chi connectivity index (χ2n) is 7.33. The van der Waals surface area contributed by atoms with E-state index in [2.05, 4.69) is 0 Å². The van der Waals surface area contributed by atoms with Crippen molar-refractivity contribution in [2.24, 2.45) is 0 Å². The van der Waals surface area contributed by atoms with E-state index in [1.807, 2.05) is 0 Å². The van der Waals surface area contributed by atoms with Crippen LogP contribution in [-0.2, 0) is 5.60 Å². The minimum Gasteiger partial charge on any atom is -0.385 e. The normalized spacial score (nSPS) is 26.7. The second-order valence-corrected chi connectivity index (χ2v) is 7.33. The Morgan fingerprint density at radius 2 is 1.30 bits per heavy atom. The second kappa shape index (κ2) is 5.78. The maximum absolute atomic E-state index is 14.7. The van der Waals surface area contributed by atoms with Crippen LogP contribution < -0.4 is 0 Å². The van der Waals surface area contributed by atoms with Crippen LogP contribution in [0.2, 0.25) is 0 Å². The summed E-state index contributed by atoms with van der Waals surface area (Å²) in [6.45, 7) is 4.02. The Labute approximate surface area is 149 Å². The van der Waals surface area contributed by atoms with Gasteiger partial charge in [0.25, 0.3) is 5.67 Å². The first-order valence-corrected chi connectivity index (χ1v) is 7.90. The average Bonchev–Trinajstić information content (AvgIpc) is 2.57. The van der Waals surface area contributed by atoms with E-state index in [0.717, 1.165) is 6.07 Å². The number of hydrogen-bond acceptors (Lipinski definition) is 1. The molecule has 0 aromatic heterocycles. The molecule has 27 heavy (non-hydrogen) atoms. The molecule has 0 bridgehead atoms. The third-order valence-corrected chi connectivity index (χ3v) is 4.94. The largest absolute Gasteiger partial charge is 0.385 e. The van der Waals surface area contributed by atoms with Crippen molar-refractivity contribution >= 4 is 0 Å². The molecule has 1 aliphatic carbocycles. The van der Waals surface area contributed by atoms with E-state index in [9.17, 15) is 44.6 Å². The van der Waals surface area contributed by atoms with Crippen LogP contribution in [0.25, 0.3) is 0 Å². The van der Waals surface area contributed by atoms with Gasteiger partial charge in [0.05, 0.1) is 5.60 Å². The highest BCUT2D eigenvalue weighted by atomic mass is 19.4. The van der Waals surface area contributed by atoms with E-state index in [0.29, 0.717) is 12.5 Å². The molecule has 1 unspecified atom stereocenters. The average molecular weight is 408 g/mol. The summed E-state index contributed by atoms with van der Waals surface area (Å²) in [7, 11) is 0. The van der Waals surface area contributed by atoms with Crippen LogP contribution in [0.1, 0.15) is 44.2 Å². The van der Waals surface area contributed by atoms with E-state index >= 15 is 0 Å². The van der Waals surface area contributed by atoms with Crippen molar-refractivity contribution in [1.82, 2.24) is 0 Å². The van der Waals surface area contributed by atoms with Crippen LogP contribution in [0.4, 0.5) is 39.5 Å². The lowest BCUT2D eigenvalue weighted by Gasteiger charge is -2.37. The van der Waals surface area contributed by atoms with Gasteiger partial charge < -0.3 is 5.11 Å². The highest BCUT2D eigenvalue weighted by Crippen LogP contribution is 2.70. The van der Waals surface area contributed by atoms with Crippen molar-refractivity contribution in [2.45, 2.75) is 68.1 Å². The monoisotopic (exact) mass is 408 g/mol. The molecule has 1 N–H and O–H groups in total. The Morgan fingerprint density at radius 3 is 1.70 bits per heavy atom. The molecule has 0 amide bonds. The van der Waals surface area contributed by atoms with Crippen LogP contribution in [0.5, 0.6) is 0 Å². The van der Waals surface area contributed by atoms with Crippen LogP contribution in [0.3, 0.4) is 0 Å². The molecule has 0 aliphatic heterocycles. The van der Waals surface area contributed by atoms with Crippen molar-refractivity contribution < 1.29 is 44.6 Å². The molecule has 1 atom stereocenters. The Balaban J connectivity index is 2.58. The van der Waals surface area contributed by atoms with Gasteiger partial charge in [-0.2, -0.15) is 35.1 Å². The van der Waals surface area contributed by atoms with E-state index in [1.165, 1.54) is 18.2 Å². The van der Waals surface area contributed by atoms with Crippen molar-refractivity contribution in [3.05, 3.63) is 35.4 Å². The van der Waals surface area contributed by atoms with Gasteiger partial charge >= 0.3 is 23.7 Å². The molecule has 0 spiro atoms. The molecular weight excluding hydrogens is 391 g/mol. The summed E-state index contributed by atoms with van der Waals surface area (Å²) in [6, 6.07) is 5.08. The highest BCUT2D eigenvalue weighted by molar-refractivity contribution is 5.33. The smallest absolute Gasteiger partial charge is 0.381 e. The number of alkyl halides is 9. The molecule has 154 valence electrons. The summed E-state index contributed by atoms with van der Waals surface area (Å²) >= 11 is 0. The van der Waals surface area contributed by atoms with Gasteiger partial charge in [0.1, 0.15) is 0 Å². The molecule has 1 nitrogen and oxygen atoms in total. The lowest BCUT2D eigenvalue weighted by atomic mass is 9.79. The van der Waals surface area contributed by atoms with Crippen LogP contribution in [0.15, 0.2) is 24.3 Å². The fourth-order valence-electron chi connectivity index (χ4n) is 3.12. The fourth-order valence-corrected chi connectivity index (χ4v) is 3.12. The summed E-state index contributed by atoms with van der Waals surface area (Å²) in [4.78, 5) is 0. The predicted molar refractivity (Wildman–Crippen MR) is 78.3 cm³/mol. The zero-order valence-corrected chi connectivity index (χ0v) is 14.4. The van der Waals surface area contributed by atoms with Gasteiger partial charge in [-0.3, -0.25) is 0 Å². The molecule has 1 aromatic rings. The summed E-state index contributed by atoms with van der Waals surface area (Å²) in [5.41, 5.74) is -8.40. The Hall–Kier alpha value is -1.45. The van der Waals surface area contributed by atoms with Crippen molar-refractivity contribution in [3.63, 3.8) is 0 Å². The molecule has 10 heteroatoms. The van der Waals surface area contributed by atoms with E-state index in [-0.39, 0.29) is 11.5 Å². The SMILES string of the molecule is CC(C)c1cccc(C(C)(O)CC2(F)C(F)(F)C(F)(F)C(F)(F)C2(F)F)c1. The number of halogens is 9. The Bertz CT molecular complexity index is 699. The van der Waals surface area contributed by atoms with Crippen molar-refractivity contribution in [3.8, 4) is 0 Å². The quantitative estimate of drug-likeness (QED) is 0.637. The van der Waals surface area contributed by atoms with E-state index in [4.69, 9.17) is 0 Å². The molecule has 1 fully saturated rings. The van der Waals surface area contributed by atoms with Gasteiger partial charge in [0.2, 0.25) is 0 Å². The number of aliphatic hydroxyl groups is 1. The molecule has 1 aliphatic rings. The summed E-state index contributed by atoms with van der Waals surface area (Å²) in [5.74, 6) is -26.3. The number of hydrogen-bond donors (Lipinski definition) is 1. The Kier molecular flexibility index (Phi) is 4.67. The lowest BCUT2D eigenvalue weighted by Crippen LogP contribution is -2.57. The molecule has 0 radical (unpaired) electrons. The van der Waals surface area contributed by atoms with Crippen LogP contribution >= 0.6 is 0 Å². The third-order valence-electron chi connectivity index (χ3n) is 4.94. The van der Waals surface area contributed by atoms with Crippen LogP contribution in [0, 0.1) is 0 Å². The van der Waals surface area contributed by atoms with E-state index in [1.54, 1.807) is 13.8 Å². The maximum atomic E-state index is 14.7. The minimum atomic E-state index is -6.64. The van der Waals surface area contributed by atoms with Gasteiger partial charge in [0, 0.05) is 6.42 Å². The molecule has 0 saturated heterocycles. The van der Waals surface area contributed by atoms with Gasteiger partial charge in [0.15, 0.2) is 0 Å². The first kappa shape index (κ1) is 21.8. The summed E-state index contributed by atoms with van der Waals surface area (Å²) in [6.07, 6.45) is -2.37. The zero-order valence-electron chi connectivity index (χ0n) is 14.4. The van der Waals surface area contributed by atoms with Gasteiger partial charge in [-0.15, -0.1) is 0 Å². The standard InChI is InChI=1S/C17H17F9O/c1-9(2)10-5-4-6-11(7-10)12(3,27)8-13(18)14(19,20)16(23,24)17(25,26)15(13,21)22/h4-7,9,27H,8H2,1-3H3. The number of benzene rings is 1. The first-order valence-electron chi connectivity index (χ1n) is 7.90. The van der Waals surface area contributed by atoms with E-state index < -0.39 is 41.4 Å². The summed E-state index contributed by atoms with van der Waals surface area (Å²) < 4.78 is 123. The topological polar surface area (TPSA) is 20.2 Å². The zero-order chi connectivity index (χ0) is 21.3. The number of rotatable bonds is 4. The van der Waals surface area contributed by atoms with Gasteiger partial charge in [-0.1, -0.05) is 38.1 Å². The Morgan fingerprint density at radius 1 is 0.852 bits per heavy atom. The van der Waals surface area contributed by atoms with Gasteiger partial charge in [-0.25, -0.2) is 4.39 Å². The molecule has 0 heterocycles. The minimum absolute atomic E-state index is 0.164. The maximum Gasteiger partial charge on any atom is 0.381 e. The predicted octanol–water partition coefficient (Wildman–Crippen LogP) is 5.67. The summed E-state index contributed by atoms with van der Waals surface area (Å²) in [5, 5.41) is 10.3. The molecule has 1 saturated carbocycles. The molecule has 2 rings (SSSR count). The molecule has 1 aromatic carbocycles.